The van der Waals surface area contributed by atoms with Gasteiger partial charge in [0.25, 0.3) is 0 Å². The number of halogens is 2. The molecule has 25 heavy (non-hydrogen) atoms. The van der Waals surface area contributed by atoms with Crippen molar-refractivity contribution in [3.05, 3.63) is 52.0 Å². The first-order valence-corrected chi connectivity index (χ1v) is 9.80. The van der Waals surface area contributed by atoms with E-state index in [0.29, 0.717) is 16.5 Å². The molecule has 2 aromatic rings. The van der Waals surface area contributed by atoms with Gasteiger partial charge in [0, 0.05) is 10.2 Å². The fourth-order valence-electron chi connectivity index (χ4n) is 1.96. The Kier molecular flexibility index (Phi) is 6.45. The number of carbonyl (C=O) groups is 1. The molecule has 0 fully saturated rings. The number of rotatable bonds is 6. The van der Waals surface area contributed by atoms with Crippen LogP contribution in [0.25, 0.3) is 0 Å². The summed E-state index contributed by atoms with van der Waals surface area (Å²) in [4.78, 5) is 12.3. The molecule has 6 nitrogen and oxygen atoms in total. The van der Waals surface area contributed by atoms with Crippen molar-refractivity contribution in [1.82, 2.24) is 4.72 Å². The number of ether oxygens (including phenoxy) is 1. The minimum absolute atomic E-state index is 0.0721. The molecule has 0 bridgehead atoms. The van der Waals surface area contributed by atoms with E-state index in [9.17, 15) is 13.2 Å². The van der Waals surface area contributed by atoms with Gasteiger partial charge in [0.2, 0.25) is 15.9 Å². The van der Waals surface area contributed by atoms with E-state index in [4.69, 9.17) is 16.3 Å². The number of methoxy groups -OCH3 is 1. The maximum Gasteiger partial charge on any atom is 0.242 e. The highest BCUT2D eigenvalue weighted by Gasteiger charge is 2.22. The average Bonchev–Trinajstić information content (AvgIpc) is 2.55. The Morgan fingerprint density at radius 3 is 2.40 bits per heavy atom. The van der Waals surface area contributed by atoms with Crippen LogP contribution in [0, 0.1) is 0 Å². The van der Waals surface area contributed by atoms with E-state index < -0.39 is 22.0 Å². The van der Waals surface area contributed by atoms with Gasteiger partial charge >= 0.3 is 0 Å². The van der Waals surface area contributed by atoms with Gasteiger partial charge in [-0.2, -0.15) is 4.72 Å². The summed E-state index contributed by atoms with van der Waals surface area (Å²) in [6.45, 7) is 1.46. The van der Waals surface area contributed by atoms with Gasteiger partial charge in [-0.05, 0) is 49.4 Å². The van der Waals surface area contributed by atoms with Crippen molar-refractivity contribution >= 4 is 49.1 Å². The van der Waals surface area contributed by atoms with Gasteiger partial charge in [0.1, 0.15) is 5.75 Å². The van der Waals surface area contributed by atoms with Crippen LogP contribution in [0.1, 0.15) is 6.92 Å². The molecule has 0 aromatic heterocycles. The zero-order valence-corrected chi connectivity index (χ0v) is 16.6. The first kappa shape index (κ1) is 19.7. The van der Waals surface area contributed by atoms with Crippen LogP contribution in [0.15, 0.2) is 51.8 Å². The average molecular weight is 448 g/mol. The van der Waals surface area contributed by atoms with Crippen LogP contribution in [0.3, 0.4) is 0 Å². The predicted molar refractivity (Wildman–Crippen MR) is 101 cm³/mol. The van der Waals surface area contributed by atoms with Gasteiger partial charge < -0.3 is 10.1 Å². The topological polar surface area (TPSA) is 84.5 Å². The highest BCUT2D eigenvalue weighted by atomic mass is 79.9. The number of nitrogens with one attached hydrogen (secondary N) is 2. The summed E-state index contributed by atoms with van der Waals surface area (Å²) in [5.41, 5.74) is 0.436. The quantitative estimate of drug-likeness (QED) is 0.711. The molecule has 0 aliphatic carbocycles. The summed E-state index contributed by atoms with van der Waals surface area (Å²) < 4.78 is 32.7. The lowest BCUT2D eigenvalue weighted by atomic mass is 10.2. The third-order valence-corrected chi connectivity index (χ3v) is 5.65. The van der Waals surface area contributed by atoms with Crippen LogP contribution < -0.4 is 14.8 Å². The predicted octanol–water partition coefficient (Wildman–Crippen LogP) is 3.42. The highest BCUT2D eigenvalue weighted by Crippen LogP contribution is 2.27. The van der Waals surface area contributed by atoms with Crippen LogP contribution in [0.5, 0.6) is 5.75 Å². The van der Waals surface area contributed by atoms with Gasteiger partial charge in [-0.3, -0.25) is 4.79 Å². The Bertz CT molecular complexity index is 872. The summed E-state index contributed by atoms with van der Waals surface area (Å²) in [5, 5.41) is 2.94. The van der Waals surface area contributed by atoms with Gasteiger partial charge in [-0.15, -0.1) is 0 Å². The molecule has 0 radical (unpaired) electrons. The van der Waals surface area contributed by atoms with Gasteiger partial charge in [0.15, 0.2) is 0 Å². The molecule has 2 rings (SSSR count). The third kappa shape index (κ3) is 5.18. The van der Waals surface area contributed by atoms with E-state index in [1.54, 1.807) is 24.3 Å². The highest BCUT2D eigenvalue weighted by molar-refractivity contribution is 9.10. The van der Waals surface area contributed by atoms with E-state index in [1.807, 2.05) is 0 Å². The molecular weight excluding hydrogens is 432 g/mol. The van der Waals surface area contributed by atoms with Crippen molar-refractivity contribution in [3.63, 3.8) is 0 Å². The third-order valence-electron chi connectivity index (χ3n) is 3.27. The number of anilines is 1. The zero-order valence-electron chi connectivity index (χ0n) is 13.4. The van der Waals surface area contributed by atoms with Crippen LogP contribution in [0.2, 0.25) is 5.02 Å². The molecule has 1 atom stereocenters. The van der Waals surface area contributed by atoms with Crippen LogP contribution in [-0.2, 0) is 14.8 Å². The lowest BCUT2D eigenvalue weighted by Gasteiger charge is -2.15. The normalized spacial score (nSPS) is 12.5. The second-order valence-electron chi connectivity index (χ2n) is 5.14. The number of hydrogen-bond acceptors (Lipinski definition) is 4. The summed E-state index contributed by atoms with van der Waals surface area (Å²) >= 11 is 9.24. The minimum Gasteiger partial charge on any atom is -0.495 e. The Morgan fingerprint density at radius 2 is 1.84 bits per heavy atom. The van der Waals surface area contributed by atoms with E-state index >= 15 is 0 Å². The summed E-state index contributed by atoms with van der Waals surface area (Å²) in [7, 11) is -2.33. The second-order valence-corrected chi connectivity index (χ2v) is 8.17. The molecule has 1 unspecified atom stereocenters. The molecule has 2 aromatic carbocycles. The lowest BCUT2D eigenvalue weighted by molar-refractivity contribution is -0.117. The van der Waals surface area contributed by atoms with Crippen molar-refractivity contribution in [3.8, 4) is 5.75 Å². The Balaban J connectivity index is 2.07. The largest absolute Gasteiger partial charge is 0.495 e. The number of carbonyl (C=O) groups excluding carboxylic acids is 1. The maximum atomic E-state index is 12.3. The molecule has 0 aliphatic rings. The molecule has 0 heterocycles. The lowest BCUT2D eigenvalue weighted by Crippen LogP contribution is -2.41. The van der Waals surface area contributed by atoms with E-state index in [0.717, 1.165) is 4.47 Å². The Morgan fingerprint density at radius 1 is 1.20 bits per heavy atom. The number of amides is 1. The first-order chi connectivity index (χ1) is 11.7. The van der Waals surface area contributed by atoms with E-state index in [1.165, 1.54) is 32.2 Å². The summed E-state index contributed by atoms with van der Waals surface area (Å²) in [5.74, 6) is -0.0365. The zero-order chi connectivity index (χ0) is 18.6. The van der Waals surface area contributed by atoms with Crippen molar-refractivity contribution in [2.45, 2.75) is 17.9 Å². The minimum atomic E-state index is -3.81. The summed E-state index contributed by atoms with van der Waals surface area (Å²) in [6, 6.07) is 9.87. The molecule has 0 spiro atoms. The van der Waals surface area contributed by atoms with E-state index in [-0.39, 0.29) is 4.90 Å². The molecule has 134 valence electrons. The second kappa shape index (κ2) is 8.18. The standard InChI is InChI=1S/C16H16BrClN2O4S/c1-10(20-25(22,23)13-6-3-11(17)4-7-13)16(21)19-12-5-8-15(24-2)14(18)9-12/h3-10,20H,1-2H3,(H,19,21). The smallest absolute Gasteiger partial charge is 0.242 e. The van der Waals surface area contributed by atoms with Crippen molar-refractivity contribution in [2.24, 2.45) is 0 Å². The molecule has 0 saturated heterocycles. The van der Waals surface area contributed by atoms with Crippen molar-refractivity contribution in [1.29, 1.82) is 0 Å². The van der Waals surface area contributed by atoms with Crippen molar-refractivity contribution < 1.29 is 17.9 Å². The Labute approximate surface area is 159 Å². The molecular formula is C16H16BrClN2O4S. The van der Waals surface area contributed by atoms with E-state index in [2.05, 4.69) is 26.0 Å². The first-order valence-electron chi connectivity index (χ1n) is 7.15. The molecule has 1 amide bonds. The Hall–Kier alpha value is -1.61. The fourth-order valence-corrected chi connectivity index (χ4v) is 3.69. The van der Waals surface area contributed by atoms with Crippen molar-refractivity contribution in [2.75, 3.05) is 12.4 Å². The molecule has 2 N–H and O–H groups in total. The summed E-state index contributed by atoms with van der Waals surface area (Å²) in [6.07, 6.45) is 0. The fraction of sp³-hybridized carbons (Fsp3) is 0.188. The van der Waals surface area contributed by atoms with Crippen LogP contribution >= 0.6 is 27.5 Å². The van der Waals surface area contributed by atoms with Gasteiger partial charge in [0.05, 0.1) is 23.1 Å². The van der Waals surface area contributed by atoms with Crippen LogP contribution in [0.4, 0.5) is 5.69 Å². The molecule has 0 saturated carbocycles. The maximum absolute atomic E-state index is 12.3. The number of hydrogen-bond donors (Lipinski definition) is 2. The number of benzene rings is 2. The van der Waals surface area contributed by atoms with Crippen LogP contribution in [-0.4, -0.2) is 27.5 Å². The molecule has 0 aliphatic heterocycles. The SMILES string of the molecule is COc1ccc(NC(=O)C(C)NS(=O)(=O)c2ccc(Br)cc2)cc1Cl. The molecule has 9 heteroatoms. The number of sulfonamides is 1. The van der Waals surface area contributed by atoms with Gasteiger partial charge in [-0.25, -0.2) is 8.42 Å². The monoisotopic (exact) mass is 446 g/mol. The van der Waals surface area contributed by atoms with Gasteiger partial charge in [-0.1, -0.05) is 27.5 Å².